The van der Waals surface area contributed by atoms with Crippen LogP contribution in [0.3, 0.4) is 0 Å². The van der Waals surface area contributed by atoms with Gasteiger partial charge in [0.1, 0.15) is 12.6 Å². The normalized spacial score (nSPS) is 12.2. The van der Waals surface area contributed by atoms with E-state index in [4.69, 9.17) is 23.2 Å². The summed E-state index contributed by atoms with van der Waals surface area (Å²) >= 11 is 12.5. The van der Waals surface area contributed by atoms with Crippen molar-refractivity contribution in [3.05, 3.63) is 100 Å². The summed E-state index contributed by atoms with van der Waals surface area (Å²) in [5, 5.41) is 3.39. The van der Waals surface area contributed by atoms with Crippen molar-refractivity contribution in [1.82, 2.24) is 14.5 Å². The van der Waals surface area contributed by atoms with Gasteiger partial charge in [-0.25, -0.2) is 4.31 Å². The highest BCUT2D eigenvalue weighted by molar-refractivity contribution is 7.90. The van der Waals surface area contributed by atoms with E-state index in [-0.39, 0.29) is 13.0 Å². The zero-order valence-electron chi connectivity index (χ0n) is 21.3. The van der Waals surface area contributed by atoms with Crippen LogP contribution in [-0.4, -0.2) is 63.2 Å². The Balaban J connectivity index is 2.07. The van der Waals surface area contributed by atoms with E-state index in [2.05, 4.69) is 5.32 Å². The lowest BCUT2D eigenvalue weighted by Gasteiger charge is -2.34. The van der Waals surface area contributed by atoms with E-state index in [0.29, 0.717) is 21.3 Å². The first kappa shape index (κ1) is 29.4. The Kier molecular flexibility index (Phi) is 10.2. The molecule has 0 saturated heterocycles. The number of hydrogen-bond acceptors (Lipinski definition) is 4. The molecular formula is C27H30Cl2N4O4S. The average Bonchev–Trinajstić information content (AvgIpc) is 2.90. The van der Waals surface area contributed by atoms with Crippen molar-refractivity contribution in [2.24, 2.45) is 0 Å². The number of rotatable bonds is 11. The second-order valence-electron chi connectivity index (χ2n) is 8.71. The molecule has 38 heavy (non-hydrogen) atoms. The van der Waals surface area contributed by atoms with E-state index < -0.39 is 34.6 Å². The average molecular weight is 578 g/mol. The third-order valence-electron chi connectivity index (χ3n) is 5.94. The number of likely N-dealkylation sites (N-methyl/N-ethyl adjacent to an activating group) is 1. The van der Waals surface area contributed by atoms with Crippen LogP contribution in [0.25, 0.3) is 0 Å². The van der Waals surface area contributed by atoms with Gasteiger partial charge in [-0.05, 0) is 35.4 Å². The molecule has 0 aliphatic rings. The number of anilines is 1. The zero-order chi connectivity index (χ0) is 27.9. The molecule has 1 N–H and O–H groups in total. The summed E-state index contributed by atoms with van der Waals surface area (Å²) in [7, 11) is 0.234. The first-order chi connectivity index (χ1) is 18.0. The molecule has 0 spiro atoms. The first-order valence-corrected chi connectivity index (χ1v) is 13.9. The van der Waals surface area contributed by atoms with E-state index >= 15 is 0 Å². The predicted molar refractivity (Wildman–Crippen MR) is 151 cm³/mol. The molecule has 2 amide bonds. The van der Waals surface area contributed by atoms with Gasteiger partial charge in [-0.15, -0.1) is 0 Å². The van der Waals surface area contributed by atoms with Crippen molar-refractivity contribution in [2.45, 2.75) is 19.0 Å². The molecule has 0 radical (unpaired) electrons. The molecular weight excluding hydrogens is 547 g/mol. The Morgan fingerprint density at radius 1 is 0.921 bits per heavy atom. The Morgan fingerprint density at radius 2 is 1.53 bits per heavy atom. The molecule has 8 nitrogen and oxygen atoms in total. The zero-order valence-corrected chi connectivity index (χ0v) is 23.7. The summed E-state index contributed by atoms with van der Waals surface area (Å²) in [6, 6.07) is 21.5. The van der Waals surface area contributed by atoms with Crippen LogP contribution in [-0.2, 0) is 32.8 Å². The van der Waals surface area contributed by atoms with Crippen LogP contribution in [0.5, 0.6) is 0 Å². The molecule has 0 fully saturated rings. The molecule has 0 bridgehead atoms. The number of nitrogens with one attached hydrogen (secondary N) is 1. The lowest BCUT2D eigenvalue weighted by molar-refractivity contribution is -0.139. The highest BCUT2D eigenvalue weighted by Gasteiger charge is 2.34. The Labute approximate surface area is 233 Å². The SMILES string of the molecule is CNC(=O)C(Cc1ccccc1)N(Cc1ccc(Cl)cc1Cl)C(=O)CN(c1ccccc1)S(=O)(=O)N(C)C. The van der Waals surface area contributed by atoms with Crippen molar-refractivity contribution >= 4 is 50.9 Å². The van der Waals surface area contributed by atoms with E-state index in [1.165, 1.54) is 26.0 Å². The highest BCUT2D eigenvalue weighted by atomic mass is 35.5. The molecule has 3 aromatic rings. The number of para-hydroxylation sites is 1. The fraction of sp³-hybridized carbons (Fsp3) is 0.259. The van der Waals surface area contributed by atoms with Gasteiger partial charge in [0.25, 0.3) is 0 Å². The van der Waals surface area contributed by atoms with Gasteiger partial charge in [0, 0.05) is 44.2 Å². The molecule has 1 atom stereocenters. The molecule has 3 aromatic carbocycles. The first-order valence-electron chi connectivity index (χ1n) is 11.8. The number of nitrogens with zero attached hydrogens (tertiary/aromatic N) is 3. The second-order valence-corrected chi connectivity index (χ2v) is 11.6. The van der Waals surface area contributed by atoms with Gasteiger partial charge in [-0.3, -0.25) is 9.59 Å². The molecule has 202 valence electrons. The van der Waals surface area contributed by atoms with Crippen molar-refractivity contribution in [1.29, 1.82) is 0 Å². The van der Waals surface area contributed by atoms with Crippen molar-refractivity contribution in [2.75, 3.05) is 32.0 Å². The Morgan fingerprint density at radius 3 is 2.08 bits per heavy atom. The standard InChI is InChI=1S/C27H30Cl2N4O4S/c1-30-27(35)25(16-20-10-6-4-7-11-20)32(18-21-14-15-22(28)17-24(21)29)26(34)19-33(38(36,37)31(2)3)23-12-8-5-9-13-23/h4-15,17,25H,16,18-19H2,1-3H3,(H,30,35). The van der Waals surface area contributed by atoms with E-state index in [1.807, 2.05) is 30.3 Å². The van der Waals surface area contributed by atoms with Crippen LogP contribution < -0.4 is 9.62 Å². The van der Waals surface area contributed by atoms with Crippen LogP contribution in [0.15, 0.2) is 78.9 Å². The van der Waals surface area contributed by atoms with Crippen LogP contribution in [0.2, 0.25) is 10.0 Å². The Hall–Kier alpha value is -3.11. The van der Waals surface area contributed by atoms with Gasteiger partial charge in [0.15, 0.2) is 0 Å². The molecule has 0 saturated carbocycles. The third kappa shape index (κ3) is 7.26. The maximum absolute atomic E-state index is 14.0. The van der Waals surface area contributed by atoms with Crippen molar-refractivity contribution in [3.8, 4) is 0 Å². The monoisotopic (exact) mass is 576 g/mol. The molecule has 3 rings (SSSR count). The van der Waals surface area contributed by atoms with Crippen LogP contribution in [0, 0.1) is 0 Å². The maximum Gasteiger partial charge on any atom is 0.304 e. The lowest BCUT2D eigenvalue weighted by Crippen LogP contribution is -2.53. The molecule has 0 aliphatic carbocycles. The largest absolute Gasteiger partial charge is 0.357 e. The highest BCUT2D eigenvalue weighted by Crippen LogP contribution is 2.25. The summed E-state index contributed by atoms with van der Waals surface area (Å²) in [5.41, 5.74) is 1.72. The van der Waals surface area contributed by atoms with Crippen molar-refractivity contribution < 1.29 is 18.0 Å². The lowest BCUT2D eigenvalue weighted by atomic mass is 10.0. The van der Waals surface area contributed by atoms with E-state index in [1.54, 1.807) is 48.5 Å². The molecule has 0 aliphatic heterocycles. The van der Waals surface area contributed by atoms with Crippen LogP contribution in [0.4, 0.5) is 5.69 Å². The summed E-state index contributed by atoms with van der Waals surface area (Å²) < 4.78 is 28.6. The number of carbonyl (C=O) groups excluding carboxylic acids is 2. The summed E-state index contributed by atoms with van der Waals surface area (Å²) in [6.07, 6.45) is 0.212. The third-order valence-corrected chi connectivity index (χ3v) is 8.34. The summed E-state index contributed by atoms with van der Waals surface area (Å²) in [6.45, 7) is -0.567. The van der Waals surface area contributed by atoms with Crippen LogP contribution >= 0.6 is 23.2 Å². The van der Waals surface area contributed by atoms with Gasteiger partial charge < -0.3 is 10.2 Å². The number of amides is 2. The summed E-state index contributed by atoms with van der Waals surface area (Å²) in [5.74, 6) is -0.969. The quantitative estimate of drug-likeness (QED) is 0.373. The fourth-order valence-electron chi connectivity index (χ4n) is 3.87. The molecule has 11 heteroatoms. The number of benzene rings is 3. The Bertz CT molecular complexity index is 1360. The van der Waals surface area contributed by atoms with Gasteiger partial charge >= 0.3 is 10.2 Å². The molecule has 1 unspecified atom stereocenters. The fourth-order valence-corrected chi connectivity index (χ4v) is 5.39. The minimum absolute atomic E-state index is 0.0373. The maximum atomic E-state index is 14.0. The number of carbonyl (C=O) groups is 2. The minimum Gasteiger partial charge on any atom is -0.357 e. The smallest absolute Gasteiger partial charge is 0.304 e. The minimum atomic E-state index is -4.04. The number of hydrogen-bond donors (Lipinski definition) is 1. The van der Waals surface area contributed by atoms with Crippen molar-refractivity contribution in [3.63, 3.8) is 0 Å². The number of halogens is 2. The topological polar surface area (TPSA) is 90.0 Å². The predicted octanol–water partition coefficient (Wildman–Crippen LogP) is 3.99. The van der Waals surface area contributed by atoms with Gasteiger partial charge in [-0.1, -0.05) is 77.8 Å². The van der Waals surface area contributed by atoms with E-state index in [9.17, 15) is 18.0 Å². The summed E-state index contributed by atoms with van der Waals surface area (Å²) in [4.78, 5) is 28.5. The van der Waals surface area contributed by atoms with Gasteiger partial charge in [0.05, 0.1) is 5.69 Å². The second kappa shape index (κ2) is 13.1. The van der Waals surface area contributed by atoms with Gasteiger partial charge in [-0.2, -0.15) is 12.7 Å². The van der Waals surface area contributed by atoms with E-state index in [0.717, 1.165) is 14.2 Å². The molecule has 0 aromatic heterocycles. The van der Waals surface area contributed by atoms with Gasteiger partial charge in [0.2, 0.25) is 11.8 Å². The van der Waals surface area contributed by atoms with Crippen LogP contribution in [0.1, 0.15) is 11.1 Å². The molecule has 0 heterocycles.